The van der Waals surface area contributed by atoms with Gasteiger partial charge in [-0.2, -0.15) is 5.26 Å². The largest absolute Gasteiger partial charge is 0.283 e. The Balaban J connectivity index is 2.25. The highest BCUT2D eigenvalue weighted by Crippen LogP contribution is 2.30. The lowest BCUT2D eigenvalue weighted by atomic mass is 10.1. The van der Waals surface area contributed by atoms with E-state index in [4.69, 9.17) is 5.26 Å². The SMILES string of the molecule is CCN1CCN(CC#N)C1c1ccc([N+](=O)[O-])cc1. The van der Waals surface area contributed by atoms with Gasteiger partial charge in [0.2, 0.25) is 0 Å². The molecule has 1 saturated heterocycles. The molecule has 0 radical (unpaired) electrons. The smallest absolute Gasteiger partial charge is 0.269 e. The maximum atomic E-state index is 10.7. The molecule has 1 aliphatic rings. The van der Waals surface area contributed by atoms with Gasteiger partial charge in [-0.05, 0) is 24.2 Å². The first-order valence-electron chi connectivity index (χ1n) is 6.26. The summed E-state index contributed by atoms with van der Waals surface area (Å²) in [6.45, 7) is 5.11. The summed E-state index contributed by atoms with van der Waals surface area (Å²) in [5.41, 5.74) is 1.09. The van der Waals surface area contributed by atoms with E-state index in [2.05, 4.69) is 22.8 Å². The van der Waals surface area contributed by atoms with E-state index in [9.17, 15) is 10.1 Å². The van der Waals surface area contributed by atoms with Crippen LogP contribution in [0.3, 0.4) is 0 Å². The summed E-state index contributed by atoms with van der Waals surface area (Å²) in [5, 5.41) is 19.5. The van der Waals surface area contributed by atoms with Gasteiger partial charge in [-0.25, -0.2) is 0 Å². The predicted octanol–water partition coefficient (Wildman–Crippen LogP) is 1.75. The lowest BCUT2D eigenvalue weighted by Crippen LogP contribution is -2.31. The monoisotopic (exact) mass is 260 g/mol. The van der Waals surface area contributed by atoms with Gasteiger partial charge in [0, 0.05) is 25.2 Å². The summed E-state index contributed by atoms with van der Waals surface area (Å²) < 4.78 is 0. The standard InChI is InChI=1S/C13H16N4O2/c1-2-15-9-10-16(8-7-14)13(15)11-3-5-12(6-4-11)17(18)19/h3-6,13H,2,8-10H2,1H3. The van der Waals surface area contributed by atoms with Gasteiger partial charge in [0.1, 0.15) is 0 Å². The third-order valence-electron chi connectivity index (χ3n) is 3.45. The minimum Gasteiger partial charge on any atom is -0.283 e. The van der Waals surface area contributed by atoms with E-state index >= 15 is 0 Å². The average Bonchev–Trinajstić information content (AvgIpc) is 2.82. The lowest BCUT2D eigenvalue weighted by Gasteiger charge is -2.28. The Bertz CT molecular complexity index is 494. The molecule has 6 heteroatoms. The van der Waals surface area contributed by atoms with Crippen LogP contribution in [0.4, 0.5) is 5.69 Å². The van der Waals surface area contributed by atoms with Crippen molar-refractivity contribution in [2.24, 2.45) is 0 Å². The summed E-state index contributed by atoms with van der Waals surface area (Å²) in [5.74, 6) is 0. The fourth-order valence-corrected chi connectivity index (χ4v) is 2.51. The van der Waals surface area contributed by atoms with E-state index in [1.54, 1.807) is 12.1 Å². The third kappa shape index (κ3) is 2.72. The molecule has 0 aromatic heterocycles. The molecule has 1 aromatic rings. The Morgan fingerprint density at radius 2 is 2.00 bits per heavy atom. The summed E-state index contributed by atoms with van der Waals surface area (Å²) in [6.07, 6.45) is 0.0467. The molecule has 1 atom stereocenters. The molecule has 0 saturated carbocycles. The van der Waals surface area contributed by atoms with Crippen molar-refractivity contribution < 1.29 is 4.92 Å². The van der Waals surface area contributed by atoms with Crippen LogP contribution in [-0.2, 0) is 0 Å². The normalized spacial score (nSPS) is 20.3. The molecule has 0 amide bonds. The third-order valence-corrected chi connectivity index (χ3v) is 3.45. The zero-order chi connectivity index (χ0) is 13.8. The topological polar surface area (TPSA) is 73.4 Å². The fraction of sp³-hybridized carbons (Fsp3) is 0.462. The number of rotatable bonds is 4. The molecule has 0 aliphatic carbocycles. The Hall–Kier alpha value is -1.97. The van der Waals surface area contributed by atoms with Crippen LogP contribution >= 0.6 is 0 Å². The van der Waals surface area contributed by atoms with Crippen molar-refractivity contribution >= 4 is 5.69 Å². The summed E-state index contributed by atoms with van der Waals surface area (Å²) in [7, 11) is 0. The summed E-state index contributed by atoms with van der Waals surface area (Å²) >= 11 is 0. The molecular weight excluding hydrogens is 244 g/mol. The molecule has 0 bridgehead atoms. The average molecular weight is 260 g/mol. The van der Waals surface area contributed by atoms with E-state index < -0.39 is 4.92 Å². The van der Waals surface area contributed by atoms with Gasteiger partial charge in [0.15, 0.2) is 0 Å². The van der Waals surface area contributed by atoms with Crippen molar-refractivity contribution in [2.75, 3.05) is 26.2 Å². The number of hydrogen-bond acceptors (Lipinski definition) is 5. The molecule has 2 rings (SSSR count). The van der Waals surface area contributed by atoms with Gasteiger partial charge in [-0.15, -0.1) is 0 Å². The van der Waals surface area contributed by atoms with Crippen LogP contribution < -0.4 is 0 Å². The van der Waals surface area contributed by atoms with Crippen molar-refractivity contribution in [3.8, 4) is 6.07 Å². The van der Waals surface area contributed by atoms with Crippen LogP contribution in [-0.4, -0.2) is 40.9 Å². The fourth-order valence-electron chi connectivity index (χ4n) is 2.51. The second-order valence-corrected chi connectivity index (χ2v) is 4.48. The lowest BCUT2D eigenvalue weighted by molar-refractivity contribution is -0.384. The van der Waals surface area contributed by atoms with Crippen LogP contribution in [0.5, 0.6) is 0 Å². The minimum absolute atomic E-state index is 0.0467. The molecule has 6 nitrogen and oxygen atoms in total. The van der Waals surface area contributed by atoms with Crippen molar-refractivity contribution in [3.63, 3.8) is 0 Å². The Labute approximate surface area is 112 Å². The number of non-ortho nitro benzene ring substituents is 1. The number of likely N-dealkylation sites (N-methyl/N-ethyl adjacent to an activating group) is 1. The van der Waals surface area contributed by atoms with E-state index in [0.717, 1.165) is 25.2 Å². The van der Waals surface area contributed by atoms with E-state index in [1.807, 2.05) is 0 Å². The number of nitro benzene ring substituents is 1. The highest BCUT2D eigenvalue weighted by Gasteiger charge is 2.31. The maximum Gasteiger partial charge on any atom is 0.269 e. The predicted molar refractivity (Wildman–Crippen MR) is 70.3 cm³/mol. The van der Waals surface area contributed by atoms with Gasteiger partial charge in [0.05, 0.1) is 23.7 Å². The van der Waals surface area contributed by atoms with E-state index in [0.29, 0.717) is 6.54 Å². The Morgan fingerprint density at radius 3 is 2.53 bits per heavy atom. The molecule has 1 aromatic carbocycles. The molecule has 1 heterocycles. The number of benzene rings is 1. The van der Waals surface area contributed by atoms with Crippen molar-refractivity contribution in [2.45, 2.75) is 13.1 Å². The zero-order valence-electron chi connectivity index (χ0n) is 10.8. The van der Waals surface area contributed by atoms with Gasteiger partial charge in [-0.3, -0.25) is 19.9 Å². The Morgan fingerprint density at radius 1 is 1.37 bits per heavy atom. The van der Waals surface area contributed by atoms with Crippen molar-refractivity contribution in [1.29, 1.82) is 5.26 Å². The number of nitro groups is 1. The number of nitriles is 1. The molecule has 19 heavy (non-hydrogen) atoms. The molecule has 0 N–H and O–H groups in total. The van der Waals surface area contributed by atoms with Crippen molar-refractivity contribution in [1.82, 2.24) is 9.80 Å². The van der Waals surface area contributed by atoms with Crippen molar-refractivity contribution in [3.05, 3.63) is 39.9 Å². The highest BCUT2D eigenvalue weighted by atomic mass is 16.6. The molecule has 1 unspecified atom stereocenters. The maximum absolute atomic E-state index is 10.7. The summed E-state index contributed by atoms with van der Waals surface area (Å²) in [6, 6.07) is 8.77. The molecule has 100 valence electrons. The van der Waals surface area contributed by atoms with Gasteiger partial charge in [0.25, 0.3) is 5.69 Å². The summed E-state index contributed by atoms with van der Waals surface area (Å²) in [4.78, 5) is 14.6. The van der Waals surface area contributed by atoms with Crippen LogP contribution in [0.2, 0.25) is 0 Å². The first kappa shape index (κ1) is 13.5. The van der Waals surface area contributed by atoms with Gasteiger partial charge in [-0.1, -0.05) is 6.92 Å². The number of nitrogens with zero attached hydrogens (tertiary/aromatic N) is 4. The zero-order valence-corrected chi connectivity index (χ0v) is 10.8. The van der Waals surface area contributed by atoms with E-state index in [1.165, 1.54) is 12.1 Å². The van der Waals surface area contributed by atoms with Gasteiger partial charge >= 0.3 is 0 Å². The van der Waals surface area contributed by atoms with Crippen LogP contribution in [0.1, 0.15) is 18.7 Å². The Kier molecular flexibility index (Phi) is 4.10. The van der Waals surface area contributed by atoms with Crippen LogP contribution in [0.15, 0.2) is 24.3 Å². The van der Waals surface area contributed by atoms with Gasteiger partial charge < -0.3 is 0 Å². The highest BCUT2D eigenvalue weighted by molar-refractivity contribution is 5.34. The first-order valence-corrected chi connectivity index (χ1v) is 6.26. The van der Waals surface area contributed by atoms with Crippen LogP contribution in [0, 0.1) is 21.4 Å². The quantitative estimate of drug-likeness (QED) is 0.468. The number of hydrogen-bond donors (Lipinski definition) is 0. The molecule has 1 fully saturated rings. The molecule has 0 spiro atoms. The first-order chi connectivity index (χ1) is 9.17. The minimum atomic E-state index is -0.400. The second kappa shape index (κ2) is 5.78. The molecular formula is C13H16N4O2. The second-order valence-electron chi connectivity index (χ2n) is 4.48. The van der Waals surface area contributed by atoms with E-state index in [-0.39, 0.29) is 11.9 Å². The van der Waals surface area contributed by atoms with Crippen LogP contribution in [0.25, 0.3) is 0 Å². The molecule has 1 aliphatic heterocycles.